The number of carbonyl (C=O) groups excluding carboxylic acids is 2. The number of rotatable bonds is 4. The first kappa shape index (κ1) is 14.8. The number of carbonyl (C=O) groups is 3. The van der Waals surface area contributed by atoms with Gasteiger partial charge in [-0.15, -0.1) is 0 Å². The summed E-state index contributed by atoms with van der Waals surface area (Å²) in [4.78, 5) is 35.3. The van der Waals surface area contributed by atoms with Crippen LogP contribution >= 0.6 is 0 Å². The lowest BCUT2D eigenvalue weighted by molar-refractivity contribution is -0.143. The number of urea groups is 1. The number of aliphatic carboxylic acids is 1. The number of carboxylic acid groups (broad SMARTS) is 1. The van der Waals surface area contributed by atoms with Crippen LogP contribution in [-0.4, -0.2) is 46.5 Å². The Morgan fingerprint density at radius 2 is 1.95 bits per heavy atom. The van der Waals surface area contributed by atoms with E-state index in [0.29, 0.717) is 18.9 Å². The van der Waals surface area contributed by atoms with Gasteiger partial charge in [-0.05, 0) is 25.2 Å². The van der Waals surface area contributed by atoms with Crippen LogP contribution in [0.4, 0.5) is 4.79 Å². The summed E-state index contributed by atoms with van der Waals surface area (Å²) in [5, 5.41) is 11.3. The molecule has 3 amide bonds. The van der Waals surface area contributed by atoms with E-state index in [0.717, 1.165) is 25.7 Å². The van der Waals surface area contributed by atoms with Crippen molar-refractivity contribution < 1.29 is 19.5 Å². The van der Waals surface area contributed by atoms with Crippen LogP contribution in [0.2, 0.25) is 0 Å². The number of nitrogens with zero attached hydrogens (tertiary/aromatic N) is 1. The highest BCUT2D eigenvalue weighted by Crippen LogP contribution is 2.39. The summed E-state index contributed by atoms with van der Waals surface area (Å²) in [6.07, 6.45) is 5.08. The highest BCUT2D eigenvalue weighted by atomic mass is 16.4. The molecule has 0 aromatic rings. The molecule has 0 aromatic heterocycles. The molecule has 0 bridgehead atoms. The molecular weight excluding hydrogens is 262 g/mol. The second-order valence-corrected chi connectivity index (χ2v) is 5.60. The first-order valence-electron chi connectivity index (χ1n) is 7.07. The Kier molecular flexibility index (Phi) is 4.59. The predicted octanol–water partition coefficient (Wildman–Crippen LogP) is 0.289. The fourth-order valence-electron chi connectivity index (χ4n) is 3.55. The lowest BCUT2D eigenvalue weighted by Crippen LogP contribution is -2.44. The molecule has 1 aliphatic heterocycles. The average Bonchev–Trinajstić information content (AvgIpc) is 2.74. The number of nitrogens with two attached hydrogens (primary N) is 1. The Hall–Kier alpha value is -1.63. The van der Waals surface area contributed by atoms with Crippen molar-refractivity contribution in [2.24, 2.45) is 11.7 Å². The minimum absolute atomic E-state index is 0.0932. The van der Waals surface area contributed by atoms with E-state index in [2.05, 4.69) is 0 Å². The normalized spacial score (nSPS) is 29.7. The second-order valence-electron chi connectivity index (χ2n) is 5.60. The Bertz CT molecular complexity index is 412. The van der Waals surface area contributed by atoms with Crippen LogP contribution < -0.4 is 11.1 Å². The highest BCUT2D eigenvalue weighted by Gasteiger charge is 2.44. The van der Waals surface area contributed by atoms with Crippen molar-refractivity contribution in [2.75, 3.05) is 6.54 Å². The molecule has 7 heteroatoms. The molecule has 0 radical (unpaired) electrons. The molecule has 0 spiro atoms. The van der Waals surface area contributed by atoms with Gasteiger partial charge >= 0.3 is 12.0 Å². The topological polar surface area (TPSA) is 113 Å². The fourth-order valence-corrected chi connectivity index (χ4v) is 3.55. The number of imide groups is 1. The monoisotopic (exact) mass is 283 g/mol. The summed E-state index contributed by atoms with van der Waals surface area (Å²) < 4.78 is 0. The van der Waals surface area contributed by atoms with Crippen molar-refractivity contribution in [2.45, 2.75) is 50.6 Å². The molecule has 20 heavy (non-hydrogen) atoms. The number of carboxylic acids is 1. The van der Waals surface area contributed by atoms with E-state index < -0.39 is 23.9 Å². The van der Waals surface area contributed by atoms with Gasteiger partial charge in [-0.25, -0.2) is 4.79 Å². The van der Waals surface area contributed by atoms with Gasteiger partial charge < -0.3 is 10.8 Å². The summed E-state index contributed by atoms with van der Waals surface area (Å²) in [6.45, 7) is 0.358. The van der Waals surface area contributed by atoms with Gasteiger partial charge in [0.15, 0.2) is 0 Å². The zero-order valence-corrected chi connectivity index (χ0v) is 11.4. The smallest absolute Gasteiger partial charge is 0.320 e. The van der Waals surface area contributed by atoms with Crippen LogP contribution in [0.5, 0.6) is 0 Å². The number of amides is 3. The largest absolute Gasteiger partial charge is 0.480 e. The van der Waals surface area contributed by atoms with E-state index in [1.165, 1.54) is 0 Å². The Morgan fingerprint density at radius 1 is 1.25 bits per heavy atom. The molecule has 1 aliphatic carbocycles. The van der Waals surface area contributed by atoms with Crippen molar-refractivity contribution in [3.63, 3.8) is 0 Å². The van der Waals surface area contributed by atoms with E-state index in [1.807, 2.05) is 10.2 Å². The number of nitrogens with one attached hydrogen (secondary N) is 1. The molecule has 1 saturated heterocycles. The lowest BCUT2D eigenvalue weighted by Gasteiger charge is -2.32. The average molecular weight is 283 g/mol. The molecule has 1 saturated carbocycles. The summed E-state index contributed by atoms with van der Waals surface area (Å²) in [6, 6.07) is -1.13. The summed E-state index contributed by atoms with van der Waals surface area (Å²) in [5.41, 5.74) is 4.88. The molecule has 2 aliphatic rings. The fraction of sp³-hybridized carbons (Fsp3) is 0.769. The summed E-state index contributed by atoms with van der Waals surface area (Å²) >= 11 is 0. The van der Waals surface area contributed by atoms with Crippen LogP contribution in [-0.2, 0) is 9.59 Å². The molecule has 112 valence electrons. The molecule has 2 fully saturated rings. The lowest BCUT2D eigenvalue weighted by atomic mass is 9.85. The van der Waals surface area contributed by atoms with Crippen LogP contribution in [0.3, 0.4) is 0 Å². The van der Waals surface area contributed by atoms with E-state index in [9.17, 15) is 19.5 Å². The summed E-state index contributed by atoms with van der Waals surface area (Å²) in [7, 11) is 0. The third-order valence-corrected chi connectivity index (χ3v) is 4.37. The Labute approximate surface area is 117 Å². The molecule has 2 rings (SSSR count). The molecular formula is C13H21N3O4. The molecule has 0 unspecified atom stereocenters. The van der Waals surface area contributed by atoms with Crippen molar-refractivity contribution >= 4 is 17.9 Å². The van der Waals surface area contributed by atoms with Crippen LogP contribution in [0.15, 0.2) is 0 Å². The van der Waals surface area contributed by atoms with Crippen molar-refractivity contribution in [3.05, 3.63) is 0 Å². The van der Waals surface area contributed by atoms with E-state index >= 15 is 0 Å². The van der Waals surface area contributed by atoms with Gasteiger partial charge in [-0.2, -0.15) is 0 Å². The van der Waals surface area contributed by atoms with Crippen LogP contribution in [0, 0.1) is 5.92 Å². The SMILES string of the molecule is NC(=O)NC(=O)CCN1[C@@H]2CCCC[C@H]2C[C@H]1C(=O)O. The third-order valence-electron chi connectivity index (χ3n) is 4.37. The number of likely N-dealkylation sites (tertiary alicyclic amines) is 1. The number of primary amides is 1. The zero-order valence-electron chi connectivity index (χ0n) is 11.4. The maximum atomic E-state index is 11.5. The molecule has 0 aromatic carbocycles. The van der Waals surface area contributed by atoms with E-state index in [-0.39, 0.29) is 12.5 Å². The number of fused-ring (bicyclic) bond motifs is 1. The third kappa shape index (κ3) is 3.27. The van der Waals surface area contributed by atoms with Crippen LogP contribution in [0.1, 0.15) is 38.5 Å². The highest BCUT2D eigenvalue weighted by molar-refractivity contribution is 5.93. The van der Waals surface area contributed by atoms with Gasteiger partial charge in [0.2, 0.25) is 5.91 Å². The Morgan fingerprint density at radius 3 is 2.60 bits per heavy atom. The van der Waals surface area contributed by atoms with Crippen molar-refractivity contribution in [1.29, 1.82) is 0 Å². The van der Waals surface area contributed by atoms with Gasteiger partial charge in [0.25, 0.3) is 0 Å². The molecule has 3 atom stereocenters. The van der Waals surface area contributed by atoms with Gasteiger partial charge in [0.05, 0.1) is 0 Å². The van der Waals surface area contributed by atoms with Gasteiger partial charge in [-0.3, -0.25) is 19.8 Å². The van der Waals surface area contributed by atoms with Gasteiger partial charge in [0.1, 0.15) is 6.04 Å². The first-order chi connectivity index (χ1) is 9.49. The number of hydrogen-bond donors (Lipinski definition) is 3. The quantitative estimate of drug-likeness (QED) is 0.686. The second kappa shape index (κ2) is 6.21. The maximum absolute atomic E-state index is 11.5. The minimum Gasteiger partial charge on any atom is -0.480 e. The van der Waals surface area contributed by atoms with Gasteiger partial charge in [0, 0.05) is 19.0 Å². The van der Waals surface area contributed by atoms with Crippen LogP contribution in [0.25, 0.3) is 0 Å². The first-order valence-corrected chi connectivity index (χ1v) is 7.07. The van der Waals surface area contributed by atoms with E-state index in [4.69, 9.17) is 5.73 Å². The molecule has 4 N–H and O–H groups in total. The molecule has 7 nitrogen and oxygen atoms in total. The van der Waals surface area contributed by atoms with Crippen molar-refractivity contribution in [1.82, 2.24) is 10.2 Å². The van der Waals surface area contributed by atoms with E-state index in [1.54, 1.807) is 0 Å². The summed E-state index contributed by atoms with van der Waals surface area (Å²) in [5.74, 6) is -0.861. The standard InChI is InChI=1S/C13H21N3O4/c14-13(20)15-11(17)5-6-16-9-4-2-1-3-8(9)7-10(16)12(18)19/h8-10H,1-7H2,(H,18,19)(H3,14,15,17,20)/t8-,9+,10-/m0/s1. The van der Waals surface area contributed by atoms with Gasteiger partial charge in [-0.1, -0.05) is 12.8 Å². The Balaban J connectivity index is 1.96. The number of hydrogen-bond acceptors (Lipinski definition) is 4. The zero-order chi connectivity index (χ0) is 14.7. The molecule has 1 heterocycles. The van der Waals surface area contributed by atoms with Crippen molar-refractivity contribution in [3.8, 4) is 0 Å². The minimum atomic E-state index is -0.873. The predicted molar refractivity (Wildman–Crippen MR) is 70.8 cm³/mol. The maximum Gasteiger partial charge on any atom is 0.320 e.